The molecule has 110 valence electrons. The highest BCUT2D eigenvalue weighted by atomic mass is 32.1. The molecule has 1 saturated heterocycles. The van der Waals surface area contributed by atoms with E-state index >= 15 is 0 Å². The van der Waals surface area contributed by atoms with Crippen molar-refractivity contribution in [1.29, 1.82) is 0 Å². The van der Waals surface area contributed by atoms with Crippen LogP contribution < -0.4 is 10.6 Å². The summed E-state index contributed by atoms with van der Waals surface area (Å²) in [5, 5.41) is 7.52. The molecule has 1 unspecified atom stereocenters. The normalized spacial score (nSPS) is 20.2. The summed E-state index contributed by atoms with van der Waals surface area (Å²) in [6.07, 6.45) is 2.55. The van der Waals surface area contributed by atoms with Crippen molar-refractivity contribution in [3.63, 3.8) is 0 Å². The van der Waals surface area contributed by atoms with E-state index in [1.165, 1.54) is 22.5 Å². The zero-order valence-electron chi connectivity index (χ0n) is 12.1. The van der Waals surface area contributed by atoms with E-state index in [-0.39, 0.29) is 11.8 Å². The number of amides is 1. The molecular weight excluding hydrogens is 282 g/mol. The monoisotopic (exact) mass is 301 g/mol. The average molecular weight is 301 g/mol. The maximum atomic E-state index is 12.3. The van der Waals surface area contributed by atoms with Gasteiger partial charge in [0.25, 0.3) is 0 Å². The highest BCUT2D eigenvalue weighted by Crippen LogP contribution is 2.43. The molecule has 5 heteroatoms. The summed E-state index contributed by atoms with van der Waals surface area (Å²) in [4.78, 5) is 16.9. The van der Waals surface area contributed by atoms with Crippen LogP contribution in [0.15, 0.2) is 18.2 Å². The minimum Gasteiger partial charge on any atom is -0.326 e. The Labute approximate surface area is 128 Å². The summed E-state index contributed by atoms with van der Waals surface area (Å²) in [7, 11) is 0. The molecule has 2 heterocycles. The minimum absolute atomic E-state index is 0.0606. The van der Waals surface area contributed by atoms with Crippen molar-refractivity contribution in [2.45, 2.75) is 25.7 Å². The molecule has 0 spiro atoms. The van der Waals surface area contributed by atoms with Gasteiger partial charge < -0.3 is 10.6 Å². The molecule has 2 N–H and O–H groups in total. The molecule has 1 atom stereocenters. The van der Waals surface area contributed by atoms with E-state index in [0.29, 0.717) is 11.8 Å². The van der Waals surface area contributed by atoms with Crippen molar-refractivity contribution >= 4 is 33.1 Å². The first-order valence-electron chi connectivity index (χ1n) is 7.63. The fraction of sp³-hybridized carbons (Fsp3) is 0.500. The zero-order valence-corrected chi connectivity index (χ0v) is 12.9. The van der Waals surface area contributed by atoms with Gasteiger partial charge >= 0.3 is 0 Å². The first-order chi connectivity index (χ1) is 10.2. The number of carbonyl (C=O) groups is 1. The average Bonchev–Trinajstić information content (AvgIpc) is 3.17. The number of anilines is 1. The second kappa shape index (κ2) is 5.07. The summed E-state index contributed by atoms with van der Waals surface area (Å²) in [5.41, 5.74) is 1.94. The van der Waals surface area contributed by atoms with Crippen molar-refractivity contribution in [3.8, 4) is 0 Å². The van der Waals surface area contributed by atoms with Crippen LogP contribution in [-0.4, -0.2) is 24.0 Å². The van der Waals surface area contributed by atoms with Crippen LogP contribution in [0.4, 0.5) is 5.69 Å². The predicted octanol–water partition coefficient (Wildman–Crippen LogP) is 2.97. The van der Waals surface area contributed by atoms with Crippen LogP contribution in [0.2, 0.25) is 0 Å². The fourth-order valence-corrected chi connectivity index (χ4v) is 3.84. The molecule has 1 aliphatic heterocycles. The van der Waals surface area contributed by atoms with E-state index in [1.807, 2.05) is 19.1 Å². The van der Waals surface area contributed by atoms with Crippen LogP contribution in [0.1, 0.15) is 30.7 Å². The first kappa shape index (κ1) is 13.2. The molecule has 4 rings (SSSR count). The predicted molar refractivity (Wildman–Crippen MR) is 85.7 cm³/mol. The van der Waals surface area contributed by atoms with E-state index in [0.717, 1.165) is 24.3 Å². The third kappa shape index (κ3) is 2.56. The summed E-state index contributed by atoms with van der Waals surface area (Å²) >= 11 is 1.77. The van der Waals surface area contributed by atoms with Gasteiger partial charge in [0.15, 0.2) is 0 Å². The van der Waals surface area contributed by atoms with Gasteiger partial charge in [-0.3, -0.25) is 4.79 Å². The number of hydrogen-bond acceptors (Lipinski definition) is 4. The van der Waals surface area contributed by atoms with E-state index in [1.54, 1.807) is 11.3 Å². The molecule has 4 nitrogen and oxygen atoms in total. The molecule has 0 radical (unpaired) electrons. The Hall–Kier alpha value is -1.46. The maximum absolute atomic E-state index is 12.3. The number of hydrogen-bond donors (Lipinski definition) is 2. The topological polar surface area (TPSA) is 54.0 Å². The number of rotatable bonds is 4. The van der Waals surface area contributed by atoms with Gasteiger partial charge in [-0.1, -0.05) is 6.92 Å². The Kier molecular flexibility index (Phi) is 3.19. The molecule has 1 aliphatic carbocycles. The van der Waals surface area contributed by atoms with Crippen LogP contribution in [0.3, 0.4) is 0 Å². The lowest BCUT2D eigenvalue weighted by atomic mass is 9.88. The van der Waals surface area contributed by atoms with Gasteiger partial charge in [0.2, 0.25) is 5.91 Å². The molecule has 21 heavy (non-hydrogen) atoms. The van der Waals surface area contributed by atoms with Crippen molar-refractivity contribution in [1.82, 2.24) is 10.3 Å². The molecule has 2 fully saturated rings. The fourth-order valence-electron chi connectivity index (χ4n) is 2.66. The lowest BCUT2D eigenvalue weighted by Crippen LogP contribution is -2.48. The Morgan fingerprint density at radius 2 is 2.24 bits per heavy atom. The lowest BCUT2D eigenvalue weighted by Gasteiger charge is -2.31. The zero-order chi connectivity index (χ0) is 14.4. The highest BCUT2D eigenvalue weighted by molar-refractivity contribution is 7.18. The molecule has 1 aromatic carbocycles. The van der Waals surface area contributed by atoms with Crippen LogP contribution >= 0.6 is 11.3 Å². The number of thiazole rings is 1. The third-order valence-electron chi connectivity index (χ3n) is 4.53. The quantitative estimate of drug-likeness (QED) is 0.913. The second-order valence-corrected chi connectivity index (χ2v) is 7.27. The van der Waals surface area contributed by atoms with Crippen molar-refractivity contribution in [2.24, 2.45) is 11.8 Å². The van der Waals surface area contributed by atoms with Gasteiger partial charge in [-0.05, 0) is 50.0 Å². The SMILES string of the molecule is CC(C(=O)Nc1ccc2nc(C3CC3)sc2c1)C1CNC1. The van der Waals surface area contributed by atoms with Gasteiger partial charge in [0.1, 0.15) is 0 Å². The Bertz CT molecular complexity index is 688. The standard InChI is InChI=1S/C16H19N3OS/c1-9(11-7-17-8-11)15(20)18-12-4-5-13-14(6-12)21-16(19-13)10-2-3-10/h4-6,9-11,17H,2-3,7-8H2,1H3,(H,18,20). The molecule has 1 saturated carbocycles. The second-order valence-electron chi connectivity index (χ2n) is 6.21. The number of aromatic nitrogens is 1. The van der Waals surface area contributed by atoms with Gasteiger partial charge in [-0.25, -0.2) is 4.98 Å². The first-order valence-corrected chi connectivity index (χ1v) is 8.44. The third-order valence-corrected chi connectivity index (χ3v) is 5.71. The Balaban J connectivity index is 1.51. The maximum Gasteiger partial charge on any atom is 0.227 e. The number of fused-ring (bicyclic) bond motifs is 1. The lowest BCUT2D eigenvalue weighted by molar-refractivity contribution is -0.121. The van der Waals surface area contributed by atoms with E-state index < -0.39 is 0 Å². The Morgan fingerprint density at radius 1 is 1.43 bits per heavy atom. The van der Waals surface area contributed by atoms with Crippen molar-refractivity contribution in [3.05, 3.63) is 23.2 Å². The smallest absolute Gasteiger partial charge is 0.227 e. The Morgan fingerprint density at radius 3 is 2.90 bits per heavy atom. The summed E-state index contributed by atoms with van der Waals surface area (Å²) < 4.78 is 1.17. The molecule has 1 amide bonds. The van der Waals surface area contributed by atoms with Gasteiger partial charge in [-0.2, -0.15) is 0 Å². The summed E-state index contributed by atoms with van der Waals surface area (Å²) in [6.45, 7) is 3.91. The number of benzene rings is 1. The van der Waals surface area contributed by atoms with Crippen LogP contribution in [-0.2, 0) is 4.79 Å². The van der Waals surface area contributed by atoms with Crippen molar-refractivity contribution < 1.29 is 4.79 Å². The van der Waals surface area contributed by atoms with Crippen molar-refractivity contribution in [2.75, 3.05) is 18.4 Å². The van der Waals surface area contributed by atoms with Gasteiger partial charge in [-0.15, -0.1) is 11.3 Å². The number of nitrogens with one attached hydrogen (secondary N) is 2. The highest BCUT2D eigenvalue weighted by Gasteiger charge is 2.29. The molecule has 2 aromatic rings. The molecule has 2 aliphatic rings. The molecular formula is C16H19N3OS. The minimum atomic E-state index is 0.0606. The van der Waals surface area contributed by atoms with Gasteiger partial charge in [0.05, 0.1) is 15.2 Å². The van der Waals surface area contributed by atoms with Crippen LogP contribution in [0, 0.1) is 11.8 Å². The molecule has 0 bridgehead atoms. The summed E-state index contributed by atoms with van der Waals surface area (Å²) in [5.74, 6) is 1.34. The van der Waals surface area contributed by atoms with E-state index in [9.17, 15) is 4.79 Å². The number of nitrogens with zero attached hydrogens (tertiary/aromatic N) is 1. The van der Waals surface area contributed by atoms with Gasteiger partial charge in [0, 0.05) is 17.5 Å². The van der Waals surface area contributed by atoms with E-state index in [2.05, 4.69) is 21.7 Å². The van der Waals surface area contributed by atoms with E-state index in [4.69, 9.17) is 0 Å². The number of carbonyl (C=O) groups excluding carboxylic acids is 1. The molecule has 1 aromatic heterocycles. The van der Waals surface area contributed by atoms with Crippen LogP contribution in [0.25, 0.3) is 10.2 Å². The largest absolute Gasteiger partial charge is 0.326 e. The summed E-state index contributed by atoms with van der Waals surface area (Å²) in [6, 6.07) is 6.04. The van der Waals surface area contributed by atoms with Crippen LogP contribution in [0.5, 0.6) is 0 Å².